The van der Waals surface area contributed by atoms with Gasteiger partial charge in [-0.25, -0.2) is 10.2 Å². The molecule has 0 spiro atoms. The highest BCUT2D eigenvalue weighted by Crippen LogP contribution is 2.00. The van der Waals surface area contributed by atoms with Crippen molar-refractivity contribution >= 4 is 12.2 Å². The minimum absolute atomic E-state index is 0.395. The molecule has 0 aromatic rings. The molecule has 64 valence electrons. The first-order valence-electron chi connectivity index (χ1n) is 3.75. The zero-order valence-electron chi connectivity index (χ0n) is 7.00. The molecule has 1 atom stereocenters. The number of hydrogen-bond acceptors (Lipinski definition) is 2. The maximum atomic E-state index is 10.1. The summed E-state index contributed by atoms with van der Waals surface area (Å²) in [5, 5.41) is 3.64. The van der Waals surface area contributed by atoms with E-state index in [2.05, 4.69) is 17.5 Å². The fraction of sp³-hybridized carbons (Fsp3) is 0.714. The normalized spacial score (nSPS) is 13.3. The van der Waals surface area contributed by atoms with Gasteiger partial charge in [-0.1, -0.05) is 20.3 Å². The lowest BCUT2D eigenvalue weighted by atomic mass is 10.1. The molecule has 0 heterocycles. The number of hydrazone groups is 1. The molecule has 0 aliphatic rings. The lowest BCUT2D eigenvalue weighted by molar-refractivity contribution is 0.249. The molecule has 11 heavy (non-hydrogen) atoms. The van der Waals surface area contributed by atoms with E-state index in [1.807, 2.05) is 6.92 Å². The van der Waals surface area contributed by atoms with Gasteiger partial charge in [-0.15, -0.1) is 0 Å². The van der Waals surface area contributed by atoms with Crippen molar-refractivity contribution in [3.8, 4) is 0 Å². The maximum absolute atomic E-state index is 10.1. The molecule has 3 N–H and O–H groups in total. The molecular weight excluding hydrogens is 142 g/mol. The summed E-state index contributed by atoms with van der Waals surface area (Å²) in [6, 6.07) is -0.620. The van der Waals surface area contributed by atoms with E-state index < -0.39 is 6.03 Å². The molecule has 2 amide bonds. The van der Waals surface area contributed by atoms with E-state index in [1.54, 1.807) is 6.21 Å². The van der Waals surface area contributed by atoms with Crippen LogP contribution in [0.25, 0.3) is 0 Å². The van der Waals surface area contributed by atoms with Crippen molar-refractivity contribution in [2.75, 3.05) is 0 Å². The molecule has 0 fully saturated rings. The van der Waals surface area contributed by atoms with Crippen LogP contribution in [0.15, 0.2) is 5.10 Å². The van der Waals surface area contributed by atoms with Gasteiger partial charge in [0.15, 0.2) is 0 Å². The van der Waals surface area contributed by atoms with Gasteiger partial charge in [0.2, 0.25) is 0 Å². The largest absolute Gasteiger partial charge is 0.350 e. The summed E-state index contributed by atoms with van der Waals surface area (Å²) in [6.07, 6.45) is 3.88. The molecule has 0 radical (unpaired) electrons. The second kappa shape index (κ2) is 5.70. The average molecular weight is 157 g/mol. The number of amides is 2. The van der Waals surface area contributed by atoms with E-state index in [4.69, 9.17) is 5.73 Å². The van der Waals surface area contributed by atoms with Crippen molar-refractivity contribution in [3.05, 3.63) is 0 Å². The Hall–Kier alpha value is -1.06. The minimum Gasteiger partial charge on any atom is -0.350 e. The third-order valence-electron chi connectivity index (χ3n) is 1.25. The molecule has 0 saturated carbocycles. The first-order valence-corrected chi connectivity index (χ1v) is 3.75. The zero-order chi connectivity index (χ0) is 8.69. The monoisotopic (exact) mass is 157 g/mol. The number of nitrogens with zero attached hydrogens (tertiary/aromatic N) is 1. The fourth-order valence-electron chi connectivity index (χ4n) is 0.758. The molecular formula is C7H15N3O. The van der Waals surface area contributed by atoms with Gasteiger partial charge >= 0.3 is 6.03 Å². The summed E-state index contributed by atoms with van der Waals surface area (Å²) in [5.41, 5.74) is 6.93. The molecule has 0 rings (SSSR count). The smallest absolute Gasteiger partial charge is 0.332 e. The summed E-state index contributed by atoms with van der Waals surface area (Å²) in [4.78, 5) is 10.1. The van der Waals surface area contributed by atoms with Gasteiger partial charge in [-0.3, -0.25) is 0 Å². The Balaban J connectivity index is 3.47. The fourth-order valence-corrected chi connectivity index (χ4v) is 0.758. The Morgan fingerprint density at radius 3 is 2.91 bits per heavy atom. The molecule has 0 aromatic carbocycles. The first-order chi connectivity index (χ1) is 5.16. The number of nitrogens with one attached hydrogen (secondary N) is 1. The number of nitrogens with two attached hydrogens (primary N) is 1. The molecule has 4 nitrogen and oxygen atoms in total. The highest BCUT2D eigenvalue weighted by molar-refractivity contribution is 5.73. The first kappa shape index (κ1) is 9.94. The highest BCUT2D eigenvalue weighted by atomic mass is 16.2. The van der Waals surface area contributed by atoms with Gasteiger partial charge in [0.05, 0.1) is 0 Å². The third kappa shape index (κ3) is 6.83. The molecule has 1 unspecified atom stereocenters. The average Bonchev–Trinajstić information content (AvgIpc) is 1.87. The SMILES string of the molecule is CCCC(C)C=NNC(N)=O. The summed E-state index contributed by atoms with van der Waals surface area (Å²) >= 11 is 0. The van der Waals surface area contributed by atoms with Crippen molar-refractivity contribution in [2.24, 2.45) is 16.8 Å². The van der Waals surface area contributed by atoms with Crippen LogP contribution in [0.5, 0.6) is 0 Å². The lowest BCUT2D eigenvalue weighted by Gasteiger charge is -2.00. The van der Waals surface area contributed by atoms with Crippen LogP contribution in [-0.2, 0) is 0 Å². The van der Waals surface area contributed by atoms with Crippen molar-refractivity contribution in [2.45, 2.75) is 26.7 Å². The maximum Gasteiger partial charge on any atom is 0.332 e. The van der Waals surface area contributed by atoms with Crippen molar-refractivity contribution in [1.29, 1.82) is 0 Å². The van der Waals surface area contributed by atoms with Crippen LogP contribution in [0, 0.1) is 5.92 Å². The van der Waals surface area contributed by atoms with E-state index in [0.717, 1.165) is 12.8 Å². The molecule has 4 heteroatoms. The second-order valence-corrected chi connectivity index (χ2v) is 2.52. The van der Waals surface area contributed by atoms with Crippen LogP contribution in [0.2, 0.25) is 0 Å². The van der Waals surface area contributed by atoms with Crippen LogP contribution in [0.3, 0.4) is 0 Å². The second-order valence-electron chi connectivity index (χ2n) is 2.52. The number of hydrogen-bond donors (Lipinski definition) is 2. The van der Waals surface area contributed by atoms with Crippen molar-refractivity contribution in [1.82, 2.24) is 5.43 Å². The van der Waals surface area contributed by atoms with Crippen LogP contribution in [-0.4, -0.2) is 12.2 Å². The lowest BCUT2D eigenvalue weighted by Crippen LogP contribution is -2.24. The Kier molecular flexibility index (Phi) is 5.15. The predicted molar refractivity (Wildman–Crippen MR) is 45.3 cm³/mol. The molecule has 0 aromatic heterocycles. The molecule has 0 bridgehead atoms. The van der Waals surface area contributed by atoms with E-state index in [-0.39, 0.29) is 0 Å². The Bertz CT molecular complexity index is 145. The highest BCUT2D eigenvalue weighted by Gasteiger charge is 1.94. The minimum atomic E-state index is -0.620. The summed E-state index contributed by atoms with van der Waals surface area (Å²) in [6.45, 7) is 4.14. The summed E-state index contributed by atoms with van der Waals surface area (Å²) < 4.78 is 0. The topological polar surface area (TPSA) is 67.5 Å². The van der Waals surface area contributed by atoms with E-state index in [0.29, 0.717) is 5.92 Å². The predicted octanol–water partition coefficient (Wildman–Crippen LogP) is 1.08. The summed E-state index contributed by atoms with van der Waals surface area (Å²) in [7, 11) is 0. The number of primary amides is 1. The van der Waals surface area contributed by atoms with Crippen molar-refractivity contribution < 1.29 is 4.79 Å². The van der Waals surface area contributed by atoms with Crippen molar-refractivity contribution in [3.63, 3.8) is 0 Å². The zero-order valence-corrected chi connectivity index (χ0v) is 7.00. The van der Waals surface area contributed by atoms with Gasteiger partial charge in [0.25, 0.3) is 0 Å². The van der Waals surface area contributed by atoms with Crippen LogP contribution in [0.4, 0.5) is 4.79 Å². The number of rotatable bonds is 4. The molecule has 0 aliphatic heterocycles. The Morgan fingerprint density at radius 2 is 2.45 bits per heavy atom. The Morgan fingerprint density at radius 1 is 1.82 bits per heavy atom. The Labute approximate surface area is 66.8 Å². The van der Waals surface area contributed by atoms with Gasteiger partial charge in [0, 0.05) is 6.21 Å². The van der Waals surface area contributed by atoms with Gasteiger partial charge in [0.1, 0.15) is 0 Å². The van der Waals surface area contributed by atoms with E-state index in [9.17, 15) is 4.79 Å². The molecule has 0 saturated heterocycles. The quantitative estimate of drug-likeness (QED) is 0.465. The van der Waals surface area contributed by atoms with Gasteiger partial charge < -0.3 is 5.73 Å². The van der Waals surface area contributed by atoms with Gasteiger partial charge in [-0.2, -0.15) is 5.10 Å². The third-order valence-corrected chi connectivity index (χ3v) is 1.25. The number of carbonyl (C=O) groups is 1. The number of carbonyl (C=O) groups excluding carboxylic acids is 1. The van der Waals surface area contributed by atoms with Gasteiger partial charge in [-0.05, 0) is 12.3 Å². The van der Waals surface area contributed by atoms with E-state index >= 15 is 0 Å². The summed E-state index contributed by atoms with van der Waals surface area (Å²) in [5.74, 6) is 0.395. The standard InChI is InChI=1S/C7H15N3O/c1-3-4-6(2)5-9-10-7(8)11/h5-6H,3-4H2,1-2H3,(H3,8,10,11). The van der Waals surface area contributed by atoms with Crippen LogP contribution >= 0.6 is 0 Å². The van der Waals surface area contributed by atoms with Crippen LogP contribution in [0.1, 0.15) is 26.7 Å². The molecule has 0 aliphatic carbocycles. The van der Waals surface area contributed by atoms with E-state index in [1.165, 1.54) is 0 Å². The number of urea groups is 1. The van der Waals surface area contributed by atoms with Crippen LogP contribution < -0.4 is 11.2 Å².